The summed E-state index contributed by atoms with van der Waals surface area (Å²) in [6, 6.07) is 0.262. The molecule has 92 valence electrons. The lowest BCUT2D eigenvalue weighted by Gasteiger charge is -2.18. The van der Waals surface area contributed by atoms with Crippen LogP contribution in [-0.2, 0) is 4.74 Å². The molecule has 0 fully saturated rings. The van der Waals surface area contributed by atoms with E-state index in [2.05, 4.69) is 0 Å². The van der Waals surface area contributed by atoms with E-state index >= 15 is 0 Å². The zero-order valence-electron chi connectivity index (χ0n) is 10.0. The molecule has 0 aliphatic heterocycles. The molecule has 2 atom stereocenters. The summed E-state index contributed by atoms with van der Waals surface area (Å²) in [7, 11) is 0. The fraction of sp³-hybridized carbons (Fsp3) is 0.750. The Hall–Kier alpha value is -0.480. The van der Waals surface area contributed by atoms with Crippen LogP contribution in [-0.4, -0.2) is 22.7 Å². The van der Waals surface area contributed by atoms with Crippen molar-refractivity contribution in [3.63, 3.8) is 0 Å². The number of ether oxygens (including phenoxy) is 1. The third-order valence-electron chi connectivity index (χ3n) is 2.43. The van der Waals surface area contributed by atoms with Gasteiger partial charge in [-0.1, -0.05) is 19.9 Å². The first-order valence-electron chi connectivity index (χ1n) is 5.87. The highest BCUT2D eigenvalue weighted by Crippen LogP contribution is 2.19. The van der Waals surface area contributed by atoms with Gasteiger partial charge in [0.2, 0.25) is 0 Å². The maximum Gasteiger partial charge on any atom is 0.368 e. The molecule has 1 aliphatic carbocycles. The van der Waals surface area contributed by atoms with Crippen molar-refractivity contribution in [2.45, 2.75) is 56.9 Å². The molecule has 0 heterocycles. The van der Waals surface area contributed by atoms with Gasteiger partial charge in [0.05, 0.1) is 0 Å². The van der Waals surface area contributed by atoms with Crippen LogP contribution < -0.4 is 5.73 Å². The van der Waals surface area contributed by atoms with Crippen LogP contribution in [0.3, 0.4) is 0 Å². The monoisotopic (exact) mass is 243 g/mol. The topological polar surface area (TPSA) is 52.3 Å². The minimum Gasteiger partial charge on any atom is -0.450 e. The van der Waals surface area contributed by atoms with Crippen LogP contribution >= 0.6 is 11.8 Å². The first-order chi connectivity index (χ1) is 7.58. The highest BCUT2D eigenvalue weighted by atomic mass is 32.2. The van der Waals surface area contributed by atoms with Gasteiger partial charge in [0.1, 0.15) is 6.10 Å². The number of rotatable bonds is 2. The summed E-state index contributed by atoms with van der Waals surface area (Å²) in [6.45, 7) is 3.97. The summed E-state index contributed by atoms with van der Waals surface area (Å²) < 4.78 is 5.37. The third-order valence-corrected chi connectivity index (χ3v) is 3.19. The molecule has 0 bridgehead atoms. The van der Waals surface area contributed by atoms with Gasteiger partial charge in [0, 0.05) is 11.3 Å². The minimum atomic E-state index is -0.172. The fourth-order valence-electron chi connectivity index (χ4n) is 1.64. The maximum atomic E-state index is 11.5. The van der Waals surface area contributed by atoms with Crippen molar-refractivity contribution in [3.05, 3.63) is 12.2 Å². The van der Waals surface area contributed by atoms with Gasteiger partial charge >= 0.3 is 5.30 Å². The maximum absolute atomic E-state index is 11.5. The van der Waals surface area contributed by atoms with Crippen LogP contribution in [0.2, 0.25) is 0 Å². The van der Waals surface area contributed by atoms with Gasteiger partial charge in [-0.25, -0.2) is 4.79 Å². The van der Waals surface area contributed by atoms with Crippen LogP contribution in [0.25, 0.3) is 0 Å². The predicted octanol–water partition coefficient (Wildman–Crippen LogP) is 3.09. The summed E-state index contributed by atoms with van der Waals surface area (Å²) in [5.74, 6) is 0. The number of nitrogens with two attached hydrogens (primary N) is 1. The molecule has 0 saturated carbocycles. The Bertz CT molecular complexity index is 253. The lowest BCUT2D eigenvalue weighted by Crippen LogP contribution is -2.22. The molecular formula is C12H21NO2S. The molecule has 3 nitrogen and oxygen atoms in total. The number of carbonyl (C=O) groups is 1. The summed E-state index contributed by atoms with van der Waals surface area (Å²) in [5, 5.41) is 0.105. The number of hydrogen-bond donors (Lipinski definition) is 1. The molecule has 0 aromatic heterocycles. The second kappa shape index (κ2) is 6.97. The van der Waals surface area contributed by atoms with E-state index in [1.165, 1.54) is 11.8 Å². The molecule has 2 N–H and O–H groups in total. The molecule has 4 heteroatoms. The van der Waals surface area contributed by atoms with E-state index < -0.39 is 0 Å². The van der Waals surface area contributed by atoms with Crippen molar-refractivity contribution in [1.82, 2.24) is 0 Å². The highest BCUT2D eigenvalue weighted by Gasteiger charge is 2.15. The van der Waals surface area contributed by atoms with Gasteiger partial charge in [-0.2, -0.15) is 0 Å². The molecule has 2 unspecified atom stereocenters. The van der Waals surface area contributed by atoms with Crippen molar-refractivity contribution in [3.8, 4) is 0 Å². The number of thioether (sulfide) groups is 1. The van der Waals surface area contributed by atoms with E-state index in [0.717, 1.165) is 25.7 Å². The lowest BCUT2D eigenvalue weighted by molar-refractivity contribution is 0.139. The summed E-state index contributed by atoms with van der Waals surface area (Å²) >= 11 is 1.24. The average Bonchev–Trinajstić information content (AvgIpc) is 2.12. The molecule has 0 aromatic rings. The van der Waals surface area contributed by atoms with Gasteiger partial charge in [-0.15, -0.1) is 0 Å². The van der Waals surface area contributed by atoms with Gasteiger partial charge in [-0.05, 0) is 43.5 Å². The second-order valence-corrected chi connectivity index (χ2v) is 5.94. The van der Waals surface area contributed by atoms with Crippen molar-refractivity contribution in [2.75, 3.05) is 0 Å². The summed E-state index contributed by atoms with van der Waals surface area (Å²) in [4.78, 5) is 11.5. The zero-order valence-corrected chi connectivity index (χ0v) is 10.8. The quantitative estimate of drug-likeness (QED) is 0.598. The zero-order chi connectivity index (χ0) is 12.0. The van der Waals surface area contributed by atoms with E-state index in [1.807, 2.05) is 26.0 Å². The highest BCUT2D eigenvalue weighted by molar-refractivity contribution is 8.13. The van der Waals surface area contributed by atoms with Crippen LogP contribution in [0.5, 0.6) is 0 Å². The summed E-state index contributed by atoms with van der Waals surface area (Å²) in [5.41, 5.74) is 5.85. The molecule has 16 heavy (non-hydrogen) atoms. The largest absolute Gasteiger partial charge is 0.450 e. The van der Waals surface area contributed by atoms with Crippen molar-refractivity contribution in [1.29, 1.82) is 0 Å². The molecule has 0 spiro atoms. The normalized spacial score (nSPS) is 28.2. The second-order valence-electron chi connectivity index (χ2n) is 4.43. The van der Waals surface area contributed by atoms with Gasteiger partial charge < -0.3 is 10.5 Å². The first-order valence-corrected chi connectivity index (χ1v) is 6.75. The van der Waals surface area contributed by atoms with E-state index in [4.69, 9.17) is 10.5 Å². The SMILES string of the molecule is CC(C)SC(=O)OC1/C=C/CC(N)CCC1. The van der Waals surface area contributed by atoms with E-state index in [9.17, 15) is 4.79 Å². The van der Waals surface area contributed by atoms with Crippen LogP contribution in [0.4, 0.5) is 4.79 Å². The van der Waals surface area contributed by atoms with Crippen molar-refractivity contribution < 1.29 is 9.53 Å². The molecular weight excluding hydrogens is 222 g/mol. The van der Waals surface area contributed by atoms with Gasteiger partial charge in [0.15, 0.2) is 0 Å². The molecule has 0 saturated heterocycles. The lowest BCUT2D eigenvalue weighted by atomic mass is 10.0. The Morgan fingerprint density at radius 1 is 1.50 bits per heavy atom. The Morgan fingerprint density at radius 3 is 2.94 bits per heavy atom. The van der Waals surface area contributed by atoms with E-state index in [-0.39, 0.29) is 22.7 Å². The summed E-state index contributed by atoms with van der Waals surface area (Å²) in [6.07, 6.45) is 7.73. The predicted molar refractivity (Wildman–Crippen MR) is 68.6 cm³/mol. The van der Waals surface area contributed by atoms with E-state index in [0.29, 0.717) is 0 Å². The van der Waals surface area contributed by atoms with E-state index in [1.54, 1.807) is 0 Å². The van der Waals surface area contributed by atoms with Crippen LogP contribution in [0, 0.1) is 0 Å². The van der Waals surface area contributed by atoms with Crippen LogP contribution in [0.15, 0.2) is 12.2 Å². The molecule has 0 aromatic carbocycles. The number of carbonyl (C=O) groups excluding carboxylic acids is 1. The average molecular weight is 243 g/mol. The smallest absolute Gasteiger partial charge is 0.368 e. The molecule has 0 amide bonds. The minimum absolute atomic E-state index is 0.0637. The third kappa shape index (κ3) is 5.56. The molecule has 1 rings (SSSR count). The van der Waals surface area contributed by atoms with Crippen molar-refractivity contribution in [2.24, 2.45) is 5.73 Å². The molecule has 1 aliphatic rings. The Labute approximate surface area is 102 Å². The van der Waals surface area contributed by atoms with Gasteiger partial charge in [-0.3, -0.25) is 0 Å². The Kier molecular flexibility index (Phi) is 5.91. The molecule has 0 radical (unpaired) electrons. The fourth-order valence-corrected chi connectivity index (χ4v) is 2.21. The Morgan fingerprint density at radius 2 is 2.25 bits per heavy atom. The first kappa shape index (κ1) is 13.6. The standard InChI is InChI=1S/C12H21NO2S/c1-9(2)16-12(14)15-11-7-3-5-10(13)6-4-8-11/h3,7,9-11H,4-6,8,13H2,1-2H3/b7-3+. The Balaban J connectivity index is 2.38. The van der Waals surface area contributed by atoms with Crippen molar-refractivity contribution >= 4 is 17.1 Å². The number of hydrogen-bond acceptors (Lipinski definition) is 4. The van der Waals surface area contributed by atoms with Crippen LogP contribution in [0.1, 0.15) is 39.5 Å². The van der Waals surface area contributed by atoms with Gasteiger partial charge in [0.25, 0.3) is 0 Å².